The molecule has 9 heavy (non-hydrogen) atoms. The van der Waals surface area contributed by atoms with E-state index in [0.29, 0.717) is 0 Å². The standard InChI is InChI=1S/C8H7O/c1-2-4-8-6-9-5-7(8)3-1/h1,3,5H,2,4H2. The first kappa shape index (κ1) is 4.86. The van der Waals surface area contributed by atoms with Gasteiger partial charge < -0.3 is 4.42 Å². The van der Waals surface area contributed by atoms with Gasteiger partial charge in [-0.2, -0.15) is 0 Å². The molecular weight excluding hydrogens is 112 g/mol. The number of fused-ring (bicyclic) bond motifs is 1. The minimum absolute atomic E-state index is 1.09. The highest BCUT2D eigenvalue weighted by atomic mass is 16.3. The van der Waals surface area contributed by atoms with E-state index in [-0.39, 0.29) is 0 Å². The van der Waals surface area contributed by atoms with Crippen LogP contribution >= 0.6 is 0 Å². The molecule has 0 unspecified atom stereocenters. The molecule has 0 saturated heterocycles. The zero-order chi connectivity index (χ0) is 6.10. The van der Waals surface area contributed by atoms with Gasteiger partial charge in [0.2, 0.25) is 0 Å². The van der Waals surface area contributed by atoms with Crippen LogP contribution in [0.5, 0.6) is 0 Å². The summed E-state index contributed by atoms with van der Waals surface area (Å²) < 4.78 is 4.89. The summed E-state index contributed by atoms with van der Waals surface area (Å²) >= 11 is 0. The number of hydrogen-bond donors (Lipinski definition) is 0. The summed E-state index contributed by atoms with van der Waals surface area (Å²) in [6.07, 6.45) is 11.0. The van der Waals surface area contributed by atoms with Gasteiger partial charge in [0.25, 0.3) is 0 Å². The molecule has 0 bridgehead atoms. The first-order chi connectivity index (χ1) is 4.47. The topological polar surface area (TPSA) is 13.1 Å². The van der Waals surface area contributed by atoms with Crippen LogP contribution in [-0.4, -0.2) is 0 Å². The average molecular weight is 119 g/mol. The van der Waals surface area contributed by atoms with Crippen molar-refractivity contribution in [3.8, 4) is 0 Å². The maximum absolute atomic E-state index is 4.89. The van der Waals surface area contributed by atoms with E-state index in [1.807, 2.05) is 0 Å². The van der Waals surface area contributed by atoms with Crippen LogP contribution in [0.3, 0.4) is 0 Å². The van der Waals surface area contributed by atoms with E-state index in [9.17, 15) is 0 Å². The van der Waals surface area contributed by atoms with Gasteiger partial charge in [0, 0.05) is 11.1 Å². The summed E-state index contributed by atoms with van der Waals surface area (Å²) in [7, 11) is 0. The summed E-state index contributed by atoms with van der Waals surface area (Å²) in [6.45, 7) is 0. The fourth-order valence-electron chi connectivity index (χ4n) is 1.07. The van der Waals surface area contributed by atoms with Gasteiger partial charge in [0.1, 0.15) is 0 Å². The van der Waals surface area contributed by atoms with Crippen LogP contribution in [0, 0.1) is 6.26 Å². The molecule has 1 aliphatic carbocycles. The normalized spacial score (nSPS) is 15.6. The summed E-state index contributed by atoms with van der Waals surface area (Å²) in [5, 5.41) is 0. The lowest BCUT2D eigenvalue weighted by Gasteiger charge is -1.99. The Hall–Kier alpha value is -0.980. The van der Waals surface area contributed by atoms with Crippen LogP contribution in [0.1, 0.15) is 17.5 Å². The third kappa shape index (κ3) is 0.689. The van der Waals surface area contributed by atoms with Crippen LogP contribution in [-0.2, 0) is 6.42 Å². The van der Waals surface area contributed by atoms with Gasteiger partial charge in [-0.15, -0.1) is 0 Å². The third-order valence-corrected chi connectivity index (χ3v) is 1.57. The first-order valence-corrected chi connectivity index (χ1v) is 3.11. The van der Waals surface area contributed by atoms with Crippen LogP contribution in [0.25, 0.3) is 6.08 Å². The van der Waals surface area contributed by atoms with Crippen molar-refractivity contribution in [1.82, 2.24) is 0 Å². The molecule has 2 rings (SSSR count). The van der Waals surface area contributed by atoms with Crippen LogP contribution < -0.4 is 0 Å². The van der Waals surface area contributed by atoms with E-state index in [2.05, 4.69) is 18.4 Å². The molecule has 1 heterocycles. The van der Waals surface area contributed by atoms with Crippen molar-refractivity contribution in [1.29, 1.82) is 0 Å². The van der Waals surface area contributed by atoms with Crippen molar-refractivity contribution in [2.75, 3.05) is 0 Å². The Bertz CT molecular complexity index is 232. The van der Waals surface area contributed by atoms with E-state index < -0.39 is 0 Å². The summed E-state index contributed by atoms with van der Waals surface area (Å²) in [6, 6.07) is 0. The Labute approximate surface area is 54.0 Å². The SMILES string of the molecule is [c]1occ2c1CCC=C2. The fraction of sp³-hybridized carbons (Fsp3) is 0.250. The van der Waals surface area contributed by atoms with Crippen molar-refractivity contribution in [3.05, 3.63) is 29.7 Å². The molecule has 45 valence electrons. The molecule has 0 atom stereocenters. The van der Waals surface area contributed by atoms with Crippen molar-refractivity contribution in [2.24, 2.45) is 0 Å². The Balaban J connectivity index is 2.53. The predicted octanol–water partition coefficient (Wildman–Crippen LogP) is 2.04. The second-order valence-corrected chi connectivity index (χ2v) is 2.21. The van der Waals surface area contributed by atoms with E-state index in [0.717, 1.165) is 12.8 Å². The molecule has 1 aliphatic rings. The highest BCUT2D eigenvalue weighted by molar-refractivity contribution is 5.53. The lowest BCUT2D eigenvalue weighted by Crippen LogP contribution is -1.87. The lowest BCUT2D eigenvalue weighted by molar-refractivity contribution is 0.554. The quantitative estimate of drug-likeness (QED) is 0.509. The van der Waals surface area contributed by atoms with Crippen LogP contribution in [0.4, 0.5) is 0 Å². The fourth-order valence-corrected chi connectivity index (χ4v) is 1.07. The zero-order valence-corrected chi connectivity index (χ0v) is 5.05. The van der Waals surface area contributed by atoms with E-state index in [1.165, 1.54) is 11.1 Å². The van der Waals surface area contributed by atoms with Gasteiger partial charge in [0.15, 0.2) is 6.26 Å². The minimum Gasteiger partial charge on any atom is -0.460 e. The number of rotatable bonds is 0. The zero-order valence-electron chi connectivity index (χ0n) is 5.05. The summed E-state index contributed by atoms with van der Waals surface area (Å²) in [5.74, 6) is 0. The smallest absolute Gasteiger partial charge is 0.173 e. The molecule has 1 nitrogen and oxygen atoms in total. The van der Waals surface area contributed by atoms with Gasteiger partial charge in [-0.1, -0.05) is 12.2 Å². The molecule has 0 N–H and O–H groups in total. The maximum atomic E-state index is 4.89. The van der Waals surface area contributed by atoms with Crippen molar-refractivity contribution < 1.29 is 4.42 Å². The van der Waals surface area contributed by atoms with Gasteiger partial charge in [-0.25, -0.2) is 0 Å². The predicted molar refractivity (Wildman–Crippen MR) is 34.9 cm³/mol. The molecule has 1 aromatic heterocycles. The Morgan fingerprint density at radius 3 is 3.44 bits per heavy atom. The van der Waals surface area contributed by atoms with Crippen LogP contribution in [0.2, 0.25) is 0 Å². The number of hydrogen-bond acceptors (Lipinski definition) is 1. The second-order valence-electron chi connectivity index (χ2n) is 2.21. The van der Waals surface area contributed by atoms with Crippen molar-refractivity contribution in [3.63, 3.8) is 0 Å². The number of furan rings is 1. The Kier molecular flexibility index (Phi) is 0.950. The molecule has 0 saturated carbocycles. The molecule has 1 radical (unpaired) electrons. The van der Waals surface area contributed by atoms with E-state index >= 15 is 0 Å². The van der Waals surface area contributed by atoms with Gasteiger partial charge in [-0.3, -0.25) is 0 Å². The minimum atomic E-state index is 1.09. The Morgan fingerprint density at radius 1 is 1.56 bits per heavy atom. The van der Waals surface area contributed by atoms with Gasteiger partial charge in [0.05, 0.1) is 6.26 Å². The monoisotopic (exact) mass is 119 g/mol. The molecule has 0 aliphatic heterocycles. The Morgan fingerprint density at radius 2 is 2.56 bits per heavy atom. The van der Waals surface area contributed by atoms with Gasteiger partial charge >= 0.3 is 0 Å². The van der Waals surface area contributed by atoms with Crippen LogP contribution in [0.15, 0.2) is 16.8 Å². The highest BCUT2D eigenvalue weighted by Crippen LogP contribution is 2.18. The number of aryl methyl sites for hydroxylation is 1. The molecule has 0 aromatic carbocycles. The molecule has 1 heteroatoms. The largest absolute Gasteiger partial charge is 0.460 e. The highest BCUT2D eigenvalue weighted by Gasteiger charge is 2.04. The summed E-state index contributed by atoms with van der Waals surface area (Å²) in [4.78, 5) is 0. The molecule has 0 amide bonds. The molecule has 0 spiro atoms. The number of allylic oxidation sites excluding steroid dienone is 1. The van der Waals surface area contributed by atoms with Gasteiger partial charge in [-0.05, 0) is 12.8 Å². The second kappa shape index (κ2) is 1.76. The maximum Gasteiger partial charge on any atom is 0.173 e. The first-order valence-electron chi connectivity index (χ1n) is 3.11. The van der Waals surface area contributed by atoms with Crippen molar-refractivity contribution >= 4 is 6.08 Å². The molecule has 0 fully saturated rings. The molecule has 1 aromatic rings. The lowest BCUT2D eigenvalue weighted by atomic mass is 10.0. The van der Waals surface area contributed by atoms with Crippen molar-refractivity contribution in [2.45, 2.75) is 12.8 Å². The van der Waals surface area contributed by atoms with E-state index in [1.54, 1.807) is 6.26 Å². The third-order valence-electron chi connectivity index (χ3n) is 1.57. The average Bonchev–Trinajstić information content (AvgIpc) is 2.33. The molecular formula is C8H7O. The summed E-state index contributed by atoms with van der Waals surface area (Å²) in [5.41, 5.74) is 2.42. The van der Waals surface area contributed by atoms with E-state index in [4.69, 9.17) is 4.42 Å².